The normalized spacial score (nSPS) is 16.7. The van der Waals surface area contributed by atoms with E-state index < -0.39 is 0 Å². The third-order valence-electron chi connectivity index (χ3n) is 6.87. The Bertz CT molecular complexity index is 1020. The molecule has 3 N–H and O–H groups in total. The minimum absolute atomic E-state index is 0.541. The molecule has 33 heavy (non-hydrogen) atoms. The first-order chi connectivity index (χ1) is 16.2. The molecule has 0 atom stereocenters. The number of hydrogen-bond acceptors (Lipinski definition) is 6. The fourth-order valence-electron chi connectivity index (χ4n) is 4.62. The summed E-state index contributed by atoms with van der Waals surface area (Å²) in [6.45, 7) is 2.99. The number of pyridine rings is 1. The second-order valence-corrected chi connectivity index (χ2v) is 9.49. The molecule has 1 saturated heterocycles. The Morgan fingerprint density at radius 3 is 2.48 bits per heavy atom. The van der Waals surface area contributed by atoms with E-state index in [1.807, 2.05) is 30.6 Å². The molecular weight excluding hydrogens is 408 g/mol. The van der Waals surface area contributed by atoms with Gasteiger partial charge in [0.25, 0.3) is 0 Å². The number of anilines is 3. The smallest absolute Gasteiger partial charge is 0.136 e. The first-order valence-electron chi connectivity index (χ1n) is 12.3. The Labute approximate surface area is 196 Å². The summed E-state index contributed by atoms with van der Waals surface area (Å²) in [5.74, 6) is 4.38. The van der Waals surface area contributed by atoms with E-state index in [1.165, 1.54) is 43.2 Å². The Hall–Kier alpha value is -3.15. The number of nitrogens with two attached hydrogens (primary N) is 1. The first-order valence-corrected chi connectivity index (χ1v) is 12.3. The van der Waals surface area contributed by atoms with E-state index in [-0.39, 0.29) is 0 Å². The number of piperidine rings is 1. The summed E-state index contributed by atoms with van der Waals surface area (Å²) in [4.78, 5) is 16.5. The van der Waals surface area contributed by atoms with E-state index in [2.05, 4.69) is 39.5 Å². The number of nitrogens with zero attached hydrogens (tertiary/aromatic N) is 4. The van der Waals surface area contributed by atoms with Crippen LogP contribution in [0.4, 0.5) is 17.3 Å². The van der Waals surface area contributed by atoms with Crippen LogP contribution in [0.5, 0.6) is 0 Å². The van der Waals surface area contributed by atoms with Gasteiger partial charge in [-0.15, -0.1) is 0 Å². The van der Waals surface area contributed by atoms with Gasteiger partial charge in [-0.2, -0.15) is 0 Å². The highest BCUT2D eigenvalue weighted by molar-refractivity contribution is 5.50. The summed E-state index contributed by atoms with van der Waals surface area (Å²) < 4.78 is 0. The van der Waals surface area contributed by atoms with E-state index >= 15 is 0 Å². The number of aryl methyl sites for hydroxylation is 1. The quantitative estimate of drug-likeness (QED) is 0.462. The molecule has 1 aliphatic heterocycles. The van der Waals surface area contributed by atoms with Crippen molar-refractivity contribution in [3.8, 4) is 0 Å². The van der Waals surface area contributed by atoms with Crippen molar-refractivity contribution >= 4 is 17.3 Å². The molecule has 172 valence electrons. The number of nitrogens with one attached hydrogen (secondary N) is 1. The van der Waals surface area contributed by atoms with Crippen molar-refractivity contribution in [2.75, 3.05) is 35.6 Å². The van der Waals surface area contributed by atoms with E-state index in [1.54, 1.807) is 0 Å². The van der Waals surface area contributed by atoms with Crippen molar-refractivity contribution in [2.24, 2.45) is 5.92 Å². The van der Waals surface area contributed by atoms with E-state index in [0.717, 1.165) is 61.5 Å². The molecule has 6 nitrogen and oxygen atoms in total. The van der Waals surface area contributed by atoms with E-state index in [0.29, 0.717) is 5.92 Å². The second kappa shape index (κ2) is 10.2. The molecule has 3 heterocycles. The zero-order chi connectivity index (χ0) is 22.5. The minimum atomic E-state index is 0.541. The van der Waals surface area contributed by atoms with Gasteiger partial charge in [0, 0.05) is 49.7 Å². The van der Waals surface area contributed by atoms with Gasteiger partial charge in [-0.25, -0.2) is 9.97 Å². The first kappa shape index (κ1) is 21.7. The summed E-state index contributed by atoms with van der Waals surface area (Å²) in [5.41, 5.74) is 9.23. The average Bonchev–Trinajstić information content (AvgIpc) is 3.71. The average molecular weight is 443 g/mol. The second-order valence-electron chi connectivity index (χ2n) is 9.49. The van der Waals surface area contributed by atoms with Crippen LogP contribution < -0.4 is 16.0 Å². The van der Waals surface area contributed by atoms with Gasteiger partial charge >= 0.3 is 0 Å². The molecule has 1 aromatic carbocycles. The molecule has 1 aliphatic carbocycles. The Balaban J connectivity index is 1.17. The molecule has 6 heteroatoms. The molecule has 3 aromatic rings. The van der Waals surface area contributed by atoms with Crippen LogP contribution in [0, 0.1) is 5.92 Å². The zero-order valence-electron chi connectivity index (χ0n) is 19.3. The summed E-state index contributed by atoms with van der Waals surface area (Å²) in [7, 11) is 0. The fourth-order valence-corrected chi connectivity index (χ4v) is 4.62. The van der Waals surface area contributed by atoms with Crippen molar-refractivity contribution in [1.29, 1.82) is 0 Å². The molecular formula is C27H34N6. The summed E-state index contributed by atoms with van der Waals surface area (Å²) >= 11 is 0. The lowest BCUT2D eigenvalue weighted by Gasteiger charge is -2.33. The number of aromatic nitrogens is 3. The van der Waals surface area contributed by atoms with Crippen LogP contribution in [0.3, 0.4) is 0 Å². The number of nitrogen functional groups attached to an aromatic ring is 1. The van der Waals surface area contributed by atoms with Crippen LogP contribution in [0.1, 0.15) is 55.0 Å². The van der Waals surface area contributed by atoms with E-state index in [4.69, 9.17) is 15.7 Å². The largest absolute Gasteiger partial charge is 0.399 e. The van der Waals surface area contributed by atoms with Crippen molar-refractivity contribution in [3.63, 3.8) is 0 Å². The van der Waals surface area contributed by atoms with Crippen molar-refractivity contribution in [1.82, 2.24) is 15.0 Å². The van der Waals surface area contributed by atoms with Gasteiger partial charge in [0.2, 0.25) is 0 Å². The molecule has 0 radical (unpaired) electrons. The van der Waals surface area contributed by atoms with Gasteiger partial charge in [0.1, 0.15) is 17.5 Å². The summed E-state index contributed by atoms with van der Waals surface area (Å²) in [6.07, 6.45) is 12.0. The molecule has 2 fully saturated rings. The van der Waals surface area contributed by atoms with Crippen LogP contribution in [0.25, 0.3) is 0 Å². The van der Waals surface area contributed by atoms with E-state index in [9.17, 15) is 0 Å². The molecule has 0 amide bonds. The zero-order valence-corrected chi connectivity index (χ0v) is 19.3. The van der Waals surface area contributed by atoms with Gasteiger partial charge in [0.15, 0.2) is 0 Å². The Morgan fingerprint density at radius 2 is 1.76 bits per heavy atom. The Morgan fingerprint density at radius 1 is 0.939 bits per heavy atom. The maximum absolute atomic E-state index is 5.80. The third kappa shape index (κ3) is 6.01. The molecule has 5 rings (SSSR count). The van der Waals surface area contributed by atoms with Crippen LogP contribution in [0.2, 0.25) is 0 Å². The monoisotopic (exact) mass is 442 g/mol. The maximum atomic E-state index is 5.80. The van der Waals surface area contributed by atoms with Crippen LogP contribution in [0.15, 0.2) is 54.9 Å². The van der Waals surface area contributed by atoms with Gasteiger partial charge in [-0.05, 0) is 80.2 Å². The molecule has 0 spiro atoms. The fraction of sp³-hybridized carbons (Fsp3) is 0.444. The predicted octanol–water partition coefficient (Wildman–Crippen LogP) is 4.84. The molecule has 2 aromatic heterocycles. The number of rotatable bonds is 9. The molecule has 1 saturated carbocycles. The van der Waals surface area contributed by atoms with Gasteiger partial charge < -0.3 is 16.0 Å². The number of benzene rings is 1. The van der Waals surface area contributed by atoms with Crippen LogP contribution in [-0.2, 0) is 12.8 Å². The topological polar surface area (TPSA) is 80.0 Å². The predicted molar refractivity (Wildman–Crippen MR) is 135 cm³/mol. The van der Waals surface area contributed by atoms with Crippen LogP contribution >= 0.6 is 0 Å². The molecule has 2 aliphatic rings. The lowest BCUT2D eigenvalue weighted by Crippen LogP contribution is -2.34. The van der Waals surface area contributed by atoms with Crippen molar-refractivity contribution < 1.29 is 0 Å². The highest BCUT2D eigenvalue weighted by Crippen LogP contribution is 2.39. The van der Waals surface area contributed by atoms with Gasteiger partial charge in [-0.1, -0.05) is 18.2 Å². The van der Waals surface area contributed by atoms with Crippen molar-refractivity contribution in [3.05, 3.63) is 71.8 Å². The molecule has 0 bridgehead atoms. The maximum Gasteiger partial charge on any atom is 0.136 e. The summed E-state index contributed by atoms with van der Waals surface area (Å²) in [5, 5.41) is 3.54. The minimum Gasteiger partial charge on any atom is -0.399 e. The highest BCUT2D eigenvalue weighted by Gasteiger charge is 2.29. The van der Waals surface area contributed by atoms with Gasteiger partial charge in [0.05, 0.1) is 0 Å². The Kier molecular flexibility index (Phi) is 6.70. The standard InChI is InChI=1S/C27H34N6/c28-24-9-5-20(6-10-24)11-15-30-25-18-26(32-27(31-25)23-7-8-23)33-16-12-21(13-17-33)3-4-22-2-1-14-29-19-22/h1-2,5-6,9-10,14,18-19,21,23H,3-4,7-8,11-13,15-17,28H2,(H,30,31,32). The number of hydrogen-bond donors (Lipinski definition) is 2. The summed E-state index contributed by atoms with van der Waals surface area (Å²) in [6, 6.07) is 14.5. The highest BCUT2D eigenvalue weighted by atomic mass is 15.2. The molecule has 0 unspecified atom stereocenters. The SMILES string of the molecule is Nc1ccc(CCNc2cc(N3CCC(CCc4cccnc4)CC3)nc(C3CC3)n2)cc1. The van der Waals surface area contributed by atoms with Crippen LogP contribution in [-0.4, -0.2) is 34.6 Å². The van der Waals surface area contributed by atoms with Gasteiger partial charge in [-0.3, -0.25) is 4.98 Å². The lowest BCUT2D eigenvalue weighted by atomic mass is 9.91. The lowest BCUT2D eigenvalue weighted by molar-refractivity contribution is 0.380. The van der Waals surface area contributed by atoms with Crippen molar-refractivity contribution in [2.45, 2.75) is 50.9 Å². The third-order valence-corrected chi connectivity index (χ3v) is 6.87.